The molecule has 1 aliphatic rings. The van der Waals surface area contributed by atoms with E-state index in [-0.39, 0.29) is 28.8 Å². The number of phenolic OH excluding ortho intramolecular Hbond substituents is 1. The van der Waals surface area contributed by atoms with Crippen molar-refractivity contribution in [1.82, 2.24) is 4.90 Å². The van der Waals surface area contributed by atoms with Gasteiger partial charge in [0.2, 0.25) is 0 Å². The monoisotopic (exact) mass is 345 g/mol. The average molecular weight is 345 g/mol. The van der Waals surface area contributed by atoms with Crippen LogP contribution in [0, 0.1) is 0 Å². The summed E-state index contributed by atoms with van der Waals surface area (Å²) >= 11 is 0. The van der Waals surface area contributed by atoms with Crippen molar-refractivity contribution in [2.24, 2.45) is 0 Å². The highest BCUT2D eigenvalue weighted by Gasteiger charge is 2.38. The molecule has 2 rings (SSSR count). The average Bonchev–Trinajstić information content (AvgIpc) is 2.81. The first-order valence-electron chi connectivity index (χ1n) is 8.13. The van der Waals surface area contributed by atoms with Gasteiger partial charge in [-0.3, -0.25) is 4.79 Å². The minimum atomic E-state index is -0.583. The van der Waals surface area contributed by atoms with Gasteiger partial charge in [0, 0.05) is 17.3 Å². The van der Waals surface area contributed by atoms with Crippen molar-refractivity contribution in [3.63, 3.8) is 0 Å². The third kappa shape index (κ3) is 3.38. The molecule has 1 heterocycles. The first-order chi connectivity index (χ1) is 11.8. The molecular weight excluding hydrogens is 322 g/mol. The van der Waals surface area contributed by atoms with Crippen molar-refractivity contribution in [2.75, 3.05) is 13.7 Å². The molecule has 1 aromatic rings. The van der Waals surface area contributed by atoms with E-state index in [0.717, 1.165) is 0 Å². The van der Waals surface area contributed by atoms with E-state index in [1.165, 1.54) is 13.2 Å². The molecule has 6 heteroatoms. The van der Waals surface area contributed by atoms with Crippen molar-refractivity contribution in [3.05, 3.63) is 40.6 Å². The lowest BCUT2D eigenvalue weighted by Crippen LogP contribution is -2.31. The fourth-order valence-corrected chi connectivity index (χ4v) is 2.90. The first kappa shape index (κ1) is 18.6. The number of carbonyl (C=O) groups excluding carboxylic acids is 2. The minimum absolute atomic E-state index is 0.0745. The number of hydrogen-bond donors (Lipinski definition) is 1. The molecule has 1 aromatic carbocycles. The summed E-state index contributed by atoms with van der Waals surface area (Å²) in [4.78, 5) is 26.6. The predicted octanol–water partition coefficient (Wildman–Crippen LogP) is 2.87. The Bertz CT molecular complexity index is 761. The third-order valence-electron chi connectivity index (χ3n) is 3.98. The van der Waals surface area contributed by atoms with E-state index in [1.807, 2.05) is 20.8 Å². The van der Waals surface area contributed by atoms with Gasteiger partial charge < -0.3 is 19.5 Å². The van der Waals surface area contributed by atoms with E-state index in [2.05, 4.69) is 0 Å². The van der Waals surface area contributed by atoms with Gasteiger partial charge in [0.25, 0.3) is 5.91 Å². The Morgan fingerprint density at radius 1 is 1.36 bits per heavy atom. The van der Waals surface area contributed by atoms with Crippen LogP contribution in [0.5, 0.6) is 11.5 Å². The van der Waals surface area contributed by atoms with Crippen molar-refractivity contribution >= 4 is 18.0 Å². The van der Waals surface area contributed by atoms with Gasteiger partial charge in [-0.25, -0.2) is 4.79 Å². The summed E-state index contributed by atoms with van der Waals surface area (Å²) in [6, 6.07) is 4.90. The third-order valence-corrected chi connectivity index (χ3v) is 3.98. The standard InChI is InChI=1S/C19H23NO5/c1-6-25-15-9-7-8-13(17(15)21)10-14-16(19(23)24-5)12(4)20(11(2)3)18(14)22/h7-11,21H,6H2,1-5H3/b14-10-. The van der Waals surface area contributed by atoms with Gasteiger partial charge in [-0.15, -0.1) is 0 Å². The van der Waals surface area contributed by atoms with E-state index >= 15 is 0 Å². The Morgan fingerprint density at radius 3 is 2.60 bits per heavy atom. The van der Waals surface area contributed by atoms with Crippen LogP contribution in [-0.4, -0.2) is 41.6 Å². The summed E-state index contributed by atoms with van der Waals surface area (Å²) in [5, 5.41) is 10.4. The summed E-state index contributed by atoms with van der Waals surface area (Å²) < 4.78 is 10.2. The molecule has 0 spiro atoms. The van der Waals surface area contributed by atoms with Crippen LogP contribution in [0.2, 0.25) is 0 Å². The Balaban J connectivity index is 2.60. The minimum Gasteiger partial charge on any atom is -0.504 e. The molecular formula is C19H23NO5. The number of aromatic hydroxyl groups is 1. The number of ether oxygens (including phenoxy) is 2. The van der Waals surface area contributed by atoms with Gasteiger partial charge in [-0.05, 0) is 39.8 Å². The number of para-hydroxylation sites is 1. The Kier molecular flexibility index (Phi) is 5.51. The Morgan fingerprint density at radius 2 is 2.04 bits per heavy atom. The van der Waals surface area contributed by atoms with Crippen molar-refractivity contribution in [1.29, 1.82) is 0 Å². The molecule has 1 N–H and O–H groups in total. The van der Waals surface area contributed by atoms with Crippen LogP contribution in [0.3, 0.4) is 0 Å². The van der Waals surface area contributed by atoms with E-state index in [0.29, 0.717) is 23.6 Å². The quantitative estimate of drug-likeness (QED) is 0.656. The molecule has 134 valence electrons. The van der Waals surface area contributed by atoms with Crippen LogP contribution >= 0.6 is 0 Å². The summed E-state index contributed by atoms with van der Waals surface area (Å²) in [5.74, 6) is -0.632. The molecule has 25 heavy (non-hydrogen) atoms. The molecule has 0 atom stereocenters. The molecule has 0 saturated heterocycles. The van der Waals surface area contributed by atoms with Crippen molar-refractivity contribution in [2.45, 2.75) is 33.7 Å². The summed E-state index contributed by atoms with van der Waals surface area (Å²) in [6.07, 6.45) is 1.50. The normalized spacial score (nSPS) is 16.2. The van der Waals surface area contributed by atoms with E-state index in [9.17, 15) is 14.7 Å². The lowest BCUT2D eigenvalue weighted by Gasteiger charge is -2.22. The smallest absolute Gasteiger partial charge is 0.340 e. The summed E-state index contributed by atoms with van der Waals surface area (Å²) in [6.45, 7) is 7.66. The molecule has 1 aliphatic heterocycles. The zero-order valence-corrected chi connectivity index (χ0v) is 15.1. The van der Waals surface area contributed by atoms with Crippen LogP contribution in [-0.2, 0) is 14.3 Å². The number of benzene rings is 1. The number of hydrogen-bond acceptors (Lipinski definition) is 5. The van der Waals surface area contributed by atoms with Crippen molar-refractivity contribution < 1.29 is 24.2 Å². The van der Waals surface area contributed by atoms with Crippen LogP contribution in [0.4, 0.5) is 0 Å². The SMILES string of the molecule is CCOc1cccc(/C=C2\C(=O)N(C(C)C)C(C)=C2C(=O)OC)c1O. The number of rotatable bonds is 5. The molecule has 0 bridgehead atoms. The maximum absolute atomic E-state index is 12.8. The maximum atomic E-state index is 12.8. The molecule has 0 aromatic heterocycles. The van der Waals surface area contributed by atoms with Crippen LogP contribution < -0.4 is 4.74 Å². The van der Waals surface area contributed by atoms with Crippen LogP contribution in [0.1, 0.15) is 33.3 Å². The highest BCUT2D eigenvalue weighted by Crippen LogP contribution is 2.36. The second kappa shape index (κ2) is 7.42. The Labute approximate surface area is 147 Å². The number of nitrogens with zero attached hydrogens (tertiary/aromatic N) is 1. The van der Waals surface area contributed by atoms with E-state index < -0.39 is 5.97 Å². The highest BCUT2D eigenvalue weighted by atomic mass is 16.5. The van der Waals surface area contributed by atoms with E-state index in [1.54, 1.807) is 30.0 Å². The molecule has 0 saturated carbocycles. The summed E-state index contributed by atoms with van der Waals surface area (Å²) in [5.41, 5.74) is 1.34. The number of phenols is 1. The zero-order chi connectivity index (χ0) is 18.7. The van der Waals surface area contributed by atoms with Crippen molar-refractivity contribution in [3.8, 4) is 11.5 Å². The van der Waals surface area contributed by atoms with Gasteiger partial charge in [0.1, 0.15) is 0 Å². The second-order valence-electron chi connectivity index (χ2n) is 5.91. The van der Waals surface area contributed by atoms with Crippen LogP contribution in [0.25, 0.3) is 6.08 Å². The molecule has 0 fully saturated rings. The molecule has 6 nitrogen and oxygen atoms in total. The van der Waals surface area contributed by atoms with Crippen LogP contribution in [0.15, 0.2) is 35.0 Å². The molecule has 0 radical (unpaired) electrons. The summed E-state index contributed by atoms with van der Waals surface area (Å²) in [7, 11) is 1.27. The fourth-order valence-electron chi connectivity index (χ4n) is 2.90. The fraction of sp³-hybridized carbons (Fsp3) is 0.368. The van der Waals surface area contributed by atoms with Gasteiger partial charge in [-0.1, -0.05) is 12.1 Å². The largest absolute Gasteiger partial charge is 0.504 e. The predicted molar refractivity (Wildman–Crippen MR) is 94.0 cm³/mol. The van der Waals surface area contributed by atoms with Gasteiger partial charge in [0.05, 0.1) is 24.9 Å². The van der Waals surface area contributed by atoms with Gasteiger partial charge in [-0.2, -0.15) is 0 Å². The first-order valence-corrected chi connectivity index (χ1v) is 8.13. The molecule has 0 unspecified atom stereocenters. The topological polar surface area (TPSA) is 76.1 Å². The van der Waals surface area contributed by atoms with Gasteiger partial charge >= 0.3 is 5.97 Å². The lowest BCUT2D eigenvalue weighted by atomic mass is 10.0. The molecule has 1 amide bonds. The van der Waals surface area contributed by atoms with Gasteiger partial charge in [0.15, 0.2) is 11.5 Å². The number of carbonyl (C=O) groups is 2. The number of esters is 1. The number of amides is 1. The second-order valence-corrected chi connectivity index (χ2v) is 5.91. The lowest BCUT2D eigenvalue weighted by molar-refractivity contribution is -0.136. The Hall–Kier alpha value is -2.76. The molecule has 0 aliphatic carbocycles. The number of allylic oxidation sites excluding steroid dienone is 1. The zero-order valence-electron chi connectivity index (χ0n) is 15.1. The number of methoxy groups -OCH3 is 1. The van der Waals surface area contributed by atoms with E-state index in [4.69, 9.17) is 9.47 Å². The highest BCUT2D eigenvalue weighted by molar-refractivity contribution is 6.16. The maximum Gasteiger partial charge on any atom is 0.340 e.